The number of carbonyl (C=O) groups is 2. The number of hydrogen-bond acceptors (Lipinski definition) is 3. The normalized spacial score (nSPS) is 16.9. The fourth-order valence-electron chi connectivity index (χ4n) is 1.65. The van der Waals surface area contributed by atoms with Gasteiger partial charge in [-0.05, 0) is 12.8 Å². The van der Waals surface area contributed by atoms with Crippen LogP contribution in [0.3, 0.4) is 0 Å². The van der Waals surface area contributed by atoms with E-state index in [1.54, 1.807) is 0 Å². The zero-order valence-electron chi connectivity index (χ0n) is 7.94. The first-order valence-electron chi connectivity index (χ1n) is 4.50. The maximum absolute atomic E-state index is 11.1. The molecule has 1 aliphatic rings. The number of carbonyl (C=O) groups excluding carboxylic acids is 2. The maximum Gasteiger partial charge on any atom is 0.325 e. The van der Waals surface area contributed by atoms with Crippen molar-refractivity contribution in [2.75, 3.05) is 0 Å². The third-order valence-electron chi connectivity index (χ3n) is 2.41. The molecule has 1 rings (SSSR count). The molecule has 0 atom stereocenters. The van der Waals surface area contributed by atoms with E-state index < -0.39 is 11.8 Å². The van der Waals surface area contributed by atoms with Crippen LogP contribution in [0.5, 0.6) is 0 Å². The number of rotatable bonds is 1. The summed E-state index contributed by atoms with van der Waals surface area (Å²) >= 11 is 0. The summed E-state index contributed by atoms with van der Waals surface area (Å²) in [6, 6.07) is -0.00579. The van der Waals surface area contributed by atoms with Gasteiger partial charge in [0.25, 0.3) is 0 Å². The minimum Gasteiger partial charge on any atom is -0.361 e. The van der Waals surface area contributed by atoms with Crippen LogP contribution < -0.4 is 11.6 Å². The zero-order valence-corrected chi connectivity index (χ0v) is 8.76. The molecule has 0 aliphatic heterocycles. The highest BCUT2D eigenvalue weighted by Gasteiger charge is 2.25. The minimum absolute atomic E-state index is 0. The van der Waals surface area contributed by atoms with E-state index in [0.29, 0.717) is 0 Å². The highest BCUT2D eigenvalue weighted by molar-refractivity contribution is 6.34. The van der Waals surface area contributed by atoms with Gasteiger partial charge in [0.15, 0.2) is 0 Å². The monoisotopic (exact) mass is 221 g/mol. The number of nitrogens with two attached hydrogens (primary N) is 2. The lowest BCUT2D eigenvalue weighted by atomic mass is 9.95. The van der Waals surface area contributed by atoms with Gasteiger partial charge in [0, 0.05) is 6.04 Å². The Hall–Kier alpha value is -0.810. The van der Waals surface area contributed by atoms with Crippen LogP contribution in [0, 0.1) is 0 Å². The second kappa shape index (κ2) is 5.82. The van der Waals surface area contributed by atoms with Gasteiger partial charge in [-0.25, -0.2) is 5.84 Å². The van der Waals surface area contributed by atoms with Crippen LogP contribution in [0.2, 0.25) is 0 Å². The fraction of sp³-hybridized carbons (Fsp3) is 0.750. The molecule has 6 heteroatoms. The third kappa shape index (κ3) is 3.16. The molecule has 4 N–H and O–H groups in total. The zero-order chi connectivity index (χ0) is 9.84. The first kappa shape index (κ1) is 13.2. The highest BCUT2D eigenvalue weighted by Crippen LogP contribution is 2.20. The molecular formula is C8H16ClN3O2. The lowest BCUT2D eigenvalue weighted by Gasteiger charge is -2.29. The Morgan fingerprint density at radius 2 is 1.64 bits per heavy atom. The van der Waals surface area contributed by atoms with Crippen LogP contribution in [0.25, 0.3) is 0 Å². The predicted molar refractivity (Wildman–Crippen MR) is 54.3 cm³/mol. The molecule has 0 spiro atoms. The van der Waals surface area contributed by atoms with Gasteiger partial charge < -0.3 is 5.73 Å². The second-order valence-corrected chi connectivity index (χ2v) is 3.37. The number of primary amides is 1. The van der Waals surface area contributed by atoms with Crippen LogP contribution in [-0.2, 0) is 9.59 Å². The van der Waals surface area contributed by atoms with Crippen molar-refractivity contribution < 1.29 is 9.59 Å². The first-order valence-corrected chi connectivity index (χ1v) is 4.50. The molecule has 0 heterocycles. The average Bonchev–Trinajstić information content (AvgIpc) is 2.17. The highest BCUT2D eigenvalue weighted by atomic mass is 35.5. The average molecular weight is 222 g/mol. The molecule has 0 aromatic heterocycles. The summed E-state index contributed by atoms with van der Waals surface area (Å²) in [7, 11) is 0. The molecule has 14 heavy (non-hydrogen) atoms. The summed E-state index contributed by atoms with van der Waals surface area (Å²) in [5.74, 6) is 3.71. The molecule has 0 aromatic rings. The molecule has 0 radical (unpaired) electrons. The van der Waals surface area contributed by atoms with E-state index in [2.05, 4.69) is 0 Å². The molecule has 1 aliphatic carbocycles. The van der Waals surface area contributed by atoms with Crippen LogP contribution >= 0.6 is 12.4 Å². The molecule has 1 saturated carbocycles. The quantitative estimate of drug-likeness (QED) is 0.281. The lowest BCUT2D eigenvalue weighted by Crippen LogP contribution is -2.51. The third-order valence-corrected chi connectivity index (χ3v) is 2.41. The minimum atomic E-state index is -0.979. The van der Waals surface area contributed by atoms with Crippen molar-refractivity contribution in [1.82, 2.24) is 5.01 Å². The van der Waals surface area contributed by atoms with Gasteiger partial charge >= 0.3 is 11.8 Å². The van der Waals surface area contributed by atoms with Gasteiger partial charge in [-0.2, -0.15) is 0 Å². The van der Waals surface area contributed by atoms with E-state index in [0.717, 1.165) is 30.7 Å². The SMILES string of the molecule is Cl.NC(=O)C(=O)N(N)C1CCCCC1. The van der Waals surface area contributed by atoms with Gasteiger partial charge in [0.1, 0.15) is 0 Å². The molecule has 0 bridgehead atoms. The van der Waals surface area contributed by atoms with Gasteiger partial charge in [0.05, 0.1) is 0 Å². The largest absolute Gasteiger partial charge is 0.361 e. The Kier molecular flexibility index (Phi) is 5.49. The van der Waals surface area contributed by atoms with Crippen LogP contribution in [-0.4, -0.2) is 22.9 Å². The van der Waals surface area contributed by atoms with Crippen molar-refractivity contribution in [3.05, 3.63) is 0 Å². The van der Waals surface area contributed by atoms with E-state index in [1.165, 1.54) is 6.42 Å². The Labute approximate surface area is 89.2 Å². The summed E-state index contributed by atoms with van der Waals surface area (Å²) in [6.45, 7) is 0. The molecule has 1 fully saturated rings. The molecule has 0 unspecified atom stereocenters. The van der Waals surface area contributed by atoms with Crippen molar-refractivity contribution in [2.45, 2.75) is 38.1 Å². The van der Waals surface area contributed by atoms with E-state index in [-0.39, 0.29) is 18.4 Å². The maximum atomic E-state index is 11.1. The smallest absolute Gasteiger partial charge is 0.325 e. The van der Waals surface area contributed by atoms with E-state index in [4.69, 9.17) is 11.6 Å². The number of nitrogens with zero attached hydrogens (tertiary/aromatic N) is 1. The Balaban J connectivity index is 0.00000169. The molecule has 0 saturated heterocycles. The summed E-state index contributed by atoms with van der Waals surface area (Å²) in [4.78, 5) is 21.6. The van der Waals surface area contributed by atoms with Crippen LogP contribution in [0.15, 0.2) is 0 Å². The summed E-state index contributed by atoms with van der Waals surface area (Å²) in [5, 5.41) is 0.988. The summed E-state index contributed by atoms with van der Waals surface area (Å²) in [5.41, 5.74) is 4.83. The van der Waals surface area contributed by atoms with Crippen LogP contribution in [0.1, 0.15) is 32.1 Å². The molecular weight excluding hydrogens is 206 g/mol. The molecule has 0 aromatic carbocycles. The molecule has 2 amide bonds. The van der Waals surface area contributed by atoms with Crippen molar-refractivity contribution in [1.29, 1.82) is 0 Å². The topological polar surface area (TPSA) is 89.4 Å². The first-order chi connectivity index (χ1) is 6.13. The van der Waals surface area contributed by atoms with Crippen molar-refractivity contribution in [2.24, 2.45) is 11.6 Å². The fourth-order valence-corrected chi connectivity index (χ4v) is 1.65. The van der Waals surface area contributed by atoms with Gasteiger partial charge in [0.2, 0.25) is 0 Å². The molecule has 5 nitrogen and oxygen atoms in total. The molecule has 82 valence electrons. The lowest BCUT2D eigenvalue weighted by molar-refractivity contribution is -0.146. The Morgan fingerprint density at radius 1 is 1.14 bits per heavy atom. The number of hydrogen-bond donors (Lipinski definition) is 2. The standard InChI is InChI=1S/C8H15N3O2.ClH/c9-7(12)8(13)11(10)6-4-2-1-3-5-6;/h6H,1-5,10H2,(H2,9,12);1H. The predicted octanol–water partition coefficient (Wildman–Crippen LogP) is -0.0715. The Bertz CT molecular complexity index is 217. The van der Waals surface area contributed by atoms with Crippen molar-refractivity contribution in [3.8, 4) is 0 Å². The van der Waals surface area contributed by atoms with E-state index in [9.17, 15) is 9.59 Å². The second-order valence-electron chi connectivity index (χ2n) is 3.37. The number of halogens is 1. The summed E-state index contributed by atoms with van der Waals surface area (Å²) in [6.07, 6.45) is 5.04. The van der Waals surface area contributed by atoms with E-state index in [1.807, 2.05) is 0 Å². The van der Waals surface area contributed by atoms with E-state index >= 15 is 0 Å². The summed E-state index contributed by atoms with van der Waals surface area (Å²) < 4.78 is 0. The van der Waals surface area contributed by atoms with Gasteiger partial charge in [-0.15, -0.1) is 12.4 Å². The Morgan fingerprint density at radius 3 is 2.07 bits per heavy atom. The number of hydrazine groups is 1. The van der Waals surface area contributed by atoms with Crippen molar-refractivity contribution in [3.63, 3.8) is 0 Å². The van der Waals surface area contributed by atoms with Gasteiger partial charge in [-0.3, -0.25) is 14.6 Å². The van der Waals surface area contributed by atoms with Crippen molar-refractivity contribution >= 4 is 24.2 Å². The van der Waals surface area contributed by atoms with Gasteiger partial charge in [-0.1, -0.05) is 19.3 Å². The number of amides is 2. The van der Waals surface area contributed by atoms with Crippen LogP contribution in [0.4, 0.5) is 0 Å².